The number of rotatable bonds is 2. The molecule has 0 N–H and O–H groups in total. The maximum atomic E-state index is 12.6. The molecule has 0 radical (unpaired) electrons. The Balaban J connectivity index is 3.52. The van der Waals surface area contributed by atoms with Gasteiger partial charge in [0.15, 0.2) is 6.10 Å². The number of halogens is 9. The van der Waals surface area contributed by atoms with Crippen LogP contribution in [0.3, 0.4) is 0 Å². The zero-order valence-corrected chi connectivity index (χ0v) is 10.1. The van der Waals surface area contributed by atoms with Crippen LogP contribution in [0, 0.1) is 0 Å². The van der Waals surface area contributed by atoms with Crippen molar-refractivity contribution >= 4 is 0 Å². The Morgan fingerprint density at radius 2 is 1.14 bits per heavy atom. The lowest BCUT2D eigenvalue weighted by Crippen LogP contribution is -2.24. The molecule has 0 heterocycles. The molecule has 0 amide bonds. The molecule has 0 saturated carbocycles. The maximum Gasteiger partial charge on any atom is 0.418 e. The number of hydrogen-bond acceptors (Lipinski definition) is 1. The minimum absolute atomic E-state index is 0.0170. The van der Waals surface area contributed by atoms with E-state index >= 15 is 0 Å². The topological polar surface area (TPSA) is 9.23 Å². The van der Waals surface area contributed by atoms with Gasteiger partial charge in [0, 0.05) is 7.11 Å². The largest absolute Gasteiger partial charge is 0.418 e. The van der Waals surface area contributed by atoms with Crippen molar-refractivity contribution in [3.05, 3.63) is 34.9 Å². The summed E-state index contributed by atoms with van der Waals surface area (Å²) in [6.07, 6.45) is -18.5. The van der Waals surface area contributed by atoms with E-state index < -0.39 is 41.3 Å². The lowest BCUT2D eigenvalue weighted by molar-refractivity contribution is -0.216. The van der Waals surface area contributed by atoms with Gasteiger partial charge >= 0.3 is 18.5 Å². The third-order valence-electron chi connectivity index (χ3n) is 2.45. The molecule has 0 saturated heterocycles. The van der Waals surface area contributed by atoms with Gasteiger partial charge in [-0.25, -0.2) is 0 Å². The van der Waals surface area contributed by atoms with Crippen LogP contribution in [0.15, 0.2) is 18.2 Å². The van der Waals surface area contributed by atoms with Crippen molar-refractivity contribution < 1.29 is 44.3 Å². The summed E-state index contributed by atoms with van der Waals surface area (Å²) in [5.41, 5.74) is -4.94. The van der Waals surface area contributed by atoms with E-state index in [4.69, 9.17) is 0 Å². The van der Waals surface area contributed by atoms with Crippen LogP contribution in [-0.4, -0.2) is 13.3 Å². The lowest BCUT2D eigenvalue weighted by atomic mass is 10.0. The molecule has 0 fully saturated rings. The van der Waals surface area contributed by atoms with Crippen molar-refractivity contribution in [2.45, 2.75) is 24.6 Å². The monoisotopic (exact) mass is 326 g/mol. The molecule has 1 aromatic carbocycles. The van der Waals surface area contributed by atoms with Gasteiger partial charge in [-0.2, -0.15) is 39.5 Å². The van der Waals surface area contributed by atoms with Crippen LogP contribution in [0.1, 0.15) is 22.8 Å². The molecule has 1 unspecified atom stereocenters. The molecule has 1 nitrogen and oxygen atoms in total. The summed E-state index contributed by atoms with van der Waals surface area (Å²) < 4.78 is 117. The fourth-order valence-electron chi connectivity index (χ4n) is 1.59. The quantitative estimate of drug-likeness (QED) is 0.697. The SMILES string of the molecule is COC(c1cc(C(F)(F)F)cc(C(F)(F)F)c1)C(F)(F)F. The third-order valence-corrected chi connectivity index (χ3v) is 2.45. The van der Waals surface area contributed by atoms with Gasteiger partial charge in [-0.1, -0.05) is 0 Å². The average Bonchev–Trinajstić information content (AvgIpc) is 2.25. The Bertz CT molecular complexity index is 466. The number of benzene rings is 1. The molecule has 1 aromatic rings. The highest BCUT2D eigenvalue weighted by molar-refractivity contribution is 5.35. The Kier molecular flexibility index (Phi) is 4.52. The van der Waals surface area contributed by atoms with Crippen molar-refractivity contribution in [1.82, 2.24) is 0 Å². The van der Waals surface area contributed by atoms with Crippen molar-refractivity contribution in [1.29, 1.82) is 0 Å². The number of ether oxygens (including phenoxy) is 1. The summed E-state index contributed by atoms with van der Waals surface area (Å²) in [6, 6.07) is -0.291. The lowest BCUT2D eigenvalue weighted by Gasteiger charge is -2.21. The molecule has 1 atom stereocenters. The van der Waals surface area contributed by atoms with E-state index in [2.05, 4.69) is 4.74 Å². The first-order valence-corrected chi connectivity index (χ1v) is 5.15. The second kappa shape index (κ2) is 5.39. The van der Waals surface area contributed by atoms with Crippen molar-refractivity contribution in [2.24, 2.45) is 0 Å². The van der Waals surface area contributed by atoms with E-state index in [9.17, 15) is 39.5 Å². The molecular formula is C11H7F9O. The molecule has 1 rings (SSSR count). The zero-order valence-electron chi connectivity index (χ0n) is 10.1. The smallest absolute Gasteiger partial charge is 0.367 e. The Morgan fingerprint density at radius 1 is 0.762 bits per heavy atom. The van der Waals surface area contributed by atoms with Crippen molar-refractivity contribution in [3.8, 4) is 0 Å². The summed E-state index contributed by atoms with van der Waals surface area (Å²) in [5, 5.41) is 0. The Hall–Kier alpha value is -1.45. The molecular weight excluding hydrogens is 319 g/mol. The van der Waals surface area contributed by atoms with E-state index in [1.54, 1.807) is 0 Å². The highest BCUT2D eigenvalue weighted by Gasteiger charge is 2.44. The van der Waals surface area contributed by atoms with E-state index in [1.807, 2.05) is 0 Å². The molecule has 0 bridgehead atoms. The number of methoxy groups -OCH3 is 1. The van der Waals surface area contributed by atoms with E-state index in [0.29, 0.717) is 7.11 Å². The zero-order chi connectivity index (χ0) is 16.6. The van der Waals surface area contributed by atoms with Gasteiger partial charge in [-0.05, 0) is 23.8 Å². The third kappa shape index (κ3) is 4.26. The van der Waals surface area contributed by atoms with Gasteiger partial charge in [0.25, 0.3) is 0 Å². The van der Waals surface area contributed by atoms with E-state index in [1.165, 1.54) is 0 Å². The molecule has 0 aliphatic carbocycles. The first-order valence-electron chi connectivity index (χ1n) is 5.15. The summed E-state index contributed by atoms with van der Waals surface area (Å²) >= 11 is 0. The minimum Gasteiger partial charge on any atom is -0.367 e. The first kappa shape index (κ1) is 17.6. The van der Waals surface area contributed by atoms with Gasteiger partial charge in [0.2, 0.25) is 0 Å². The Morgan fingerprint density at radius 3 is 1.38 bits per heavy atom. The van der Waals surface area contributed by atoms with Gasteiger partial charge in [-0.3, -0.25) is 0 Å². The molecule has 0 spiro atoms. The van der Waals surface area contributed by atoms with Crippen LogP contribution in [0.5, 0.6) is 0 Å². The molecule has 0 aliphatic rings. The standard InChI is InChI=1S/C11H7F9O/c1-21-8(11(18,19)20)5-2-6(9(12,13)14)4-7(3-5)10(15,16)17/h2-4,8H,1H3. The maximum absolute atomic E-state index is 12.6. The van der Waals surface area contributed by atoms with Crippen LogP contribution in [-0.2, 0) is 17.1 Å². The minimum atomic E-state index is -5.22. The van der Waals surface area contributed by atoms with Crippen molar-refractivity contribution in [3.63, 3.8) is 0 Å². The van der Waals surface area contributed by atoms with Crippen LogP contribution in [0.25, 0.3) is 0 Å². The number of alkyl halides is 9. The fourth-order valence-corrected chi connectivity index (χ4v) is 1.59. The highest BCUT2D eigenvalue weighted by Crippen LogP contribution is 2.41. The first-order chi connectivity index (χ1) is 9.26. The van der Waals surface area contributed by atoms with E-state index in [0.717, 1.165) is 0 Å². The van der Waals surface area contributed by atoms with Crippen LogP contribution in [0.2, 0.25) is 0 Å². The summed E-state index contributed by atoms with van der Waals surface area (Å²) in [7, 11) is 0.533. The average molecular weight is 326 g/mol. The number of hydrogen-bond donors (Lipinski definition) is 0. The predicted octanol–water partition coefficient (Wildman–Crippen LogP) is 4.97. The Labute approximate surface area is 112 Å². The van der Waals surface area contributed by atoms with Gasteiger partial charge in [-0.15, -0.1) is 0 Å². The highest BCUT2D eigenvalue weighted by atomic mass is 19.4. The predicted molar refractivity (Wildman–Crippen MR) is 52.3 cm³/mol. The van der Waals surface area contributed by atoms with Crippen LogP contribution >= 0.6 is 0 Å². The molecule has 0 aromatic heterocycles. The second-order valence-electron chi connectivity index (χ2n) is 4.00. The second-order valence-corrected chi connectivity index (χ2v) is 4.00. The summed E-state index contributed by atoms with van der Waals surface area (Å²) in [5.74, 6) is 0. The van der Waals surface area contributed by atoms with Crippen molar-refractivity contribution in [2.75, 3.05) is 7.11 Å². The van der Waals surface area contributed by atoms with E-state index in [-0.39, 0.29) is 18.2 Å². The molecule has 120 valence electrons. The summed E-state index contributed by atoms with van der Waals surface area (Å²) in [4.78, 5) is 0. The molecule has 10 heteroatoms. The normalized spacial score (nSPS) is 15.1. The fraction of sp³-hybridized carbons (Fsp3) is 0.455. The molecule has 21 heavy (non-hydrogen) atoms. The summed E-state index contributed by atoms with van der Waals surface area (Å²) in [6.45, 7) is 0. The van der Waals surface area contributed by atoms with Gasteiger partial charge in [0.05, 0.1) is 11.1 Å². The van der Waals surface area contributed by atoms with Gasteiger partial charge in [0.1, 0.15) is 0 Å². The van der Waals surface area contributed by atoms with Crippen LogP contribution < -0.4 is 0 Å². The van der Waals surface area contributed by atoms with Crippen LogP contribution in [0.4, 0.5) is 39.5 Å². The molecule has 0 aliphatic heterocycles. The van der Waals surface area contributed by atoms with Gasteiger partial charge < -0.3 is 4.74 Å².